The maximum atomic E-state index is 13.8. The third-order valence-electron chi connectivity index (χ3n) is 3.31. The lowest BCUT2D eigenvalue weighted by Crippen LogP contribution is -2.45. The molecule has 2 rings (SSSR count). The molecule has 1 fully saturated rings. The molecule has 0 spiro atoms. The van der Waals surface area contributed by atoms with E-state index in [2.05, 4.69) is 11.9 Å². The number of hydrogen-bond donors (Lipinski definition) is 1. The van der Waals surface area contributed by atoms with Crippen molar-refractivity contribution in [2.45, 2.75) is 6.04 Å². The number of nitrogens with one attached hydrogen (secondary N) is 1. The zero-order valence-corrected chi connectivity index (χ0v) is 13.0. The highest BCUT2D eigenvalue weighted by Gasteiger charge is 2.32. The predicted molar refractivity (Wildman–Crippen MR) is 78.1 cm³/mol. The molecule has 0 aromatic heterocycles. The van der Waals surface area contributed by atoms with Gasteiger partial charge in [0.1, 0.15) is 0 Å². The quantitative estimate of drug-likeness (QED) is 0.383. The number of halogens is 7. The highest BCUT2D eigenvalue weighted by molar-refractivity contribution is 5.85. The molecule has 0 unspecified atom stereocenters. The van der Waals surface area contributed by atoms with E-state index in [1.807, 2.05) is 0 Å². The highest BCUT2D eigenvalue weighted by Crippen LogP contribution is 2.31. The summed E-state index contributed by atoms with van der Waals surface area (Å²) in [5.74, 6) is -9.61. The van der Waals surface area contributed by atoms with Crippen molar-refractivity contribution in [2.75, 3.05) is 26.2 Å². The largest absolute Gasteiger partial charge is 0.314 e. The lowest BCUT2D eigenvalue weighted by Gasteiger charge is -2.33. The van der Waals surface area contributed by atoms with Gasteiger partial charge in [-0.1, -0.05) is 6.08 Å². The molecule has 1 heterocycles. The van der Waals surface area contributed by atoms with Crippen LogP contribution < -0.4 is 5.32 Å². The summed E-state index contributed by atoms with van der Waals surface area (Å²) in [6.07, 6.45) is 1.18. The van der Waals surface area contributed by atoms with Gasteiger partial charge in [-0.15, -0.1) is 31.4 Å². The van der Waals surface area contributed by atoms with Crippen molar-refractivity contribution < 1.29 is 22.0 Å². The Hall–Kier alpha value is -0.890. The van der Waals surface area contributed by atoms with Gasteiger partial charge in [0.15, 0.2) is 23.3 Å². The summed E-state index contributed by atoms with van der Waals surface area (Å²) in [7, 11) is 0. The van der Waals surface area contributed by atoms with E-state index in [4.69, 9.17) is 0 Å². The van der Waals surface area contributed by atoms with Gasteiger partial charge in [0.25, 0.3) is 0 Å². The molecule has 9 heteroatoms. The van der Waals surface area contributed by atoms with Crippen LogP contribution in [-0.2, 0) is 0 Å². The standard InChI is InChI=1S/C13H13F5N2.2ClH/c1-2-7(20-5-3-19-4-6-20)8-9(14)11(16)13(18)12(17)10(8)15;;/h2,7,19H,1,3-6H2;2*1H/t7-;;/m0../s1. The van der Waals surface area contributed by atoms with Gasteiger partial charge < -0.3 is 5.32 Å². The summed E-state index contributed by atoms with van der Waals surface area (Å²) in [5, 5.41) is 3.03. The van der Waals surface area contributed by atoms with Crippen LogP contribution in [-0.4, -0.2) is 31.1 Å². The van der Waals surface area contributed by atoms with Gasteiger partial charge >= 0.3 is 0 Å². The molecule has 22 heavy (non-hydrogen) atoms. The average Bonchev–Trinajstić information content (AvgIpc) is 2.48. The smallest absolute Gasteiger partial charge is 0.200 e. The van der Waals surface area contributed by atoms with E-state index in [0.29, 0.717) is 26.2 Å². The summed E-state index contributed by atoms with van der Waals surface area (Å²) in [6.45, 7) is 5.43. The number of rotatable bonds is 3. The van der Waals surface area contributed by atoms with Gasteiger partial charge in [-0.3, -0.25) is 4.90 Å². The summed E-state index contributed by atoms with van der Waals surface area (Å²) in [6, 6.07) is -1.05. The fourth-order valence-electron chi connectivity index (χ4n) is 2.29. The van der Waals surface area contributed by atoms with Crippen molar-refractivity contribution in [1.29, 1.82) is 0 Å². The molecule has 0 aliphatic carbocycles. The summed E-state index contributed by atoms with van der Waals surface area (Å²) < 4.78 is 67.1. The maximum Gasteiger partial charge on any atom is 0.200 e. The third kappa shape index (κ3) is 3.71. The Bertz CT molecular complexity index is 507. The Kier molecular flexibility index (Phi) is 8.32. The van der Waals surface area contributed by atoms with Crippen molar-refractivity contribution in [3.05, 3.63) is 47.3 Å². The number of nitrogens with zero attached hydrogens (tertiary/aromatic N) is 1. The van der Waals surface area contributed by atoms with Gasteiger partial charge in [0.2, 0.25) is 5.82 Å². The molecule has 0 bridgehead atoms. The first kappa shape index (κ1) is 21.1. The predicted octanol–water partition coefficient (Wildman–Crippen LogP) is 3.36. The Labute approximate surface area is 137 Å². The first-order chi connectivity index (χ1) is 9.49. The number of piperazine rings is 1. The second kappa shape index (κ2) is 8.67. The van der Waals surface area contributed by atoms with Gasteiger partial charge in [-0.25, -0.2) is 22.0 Å². The van der Waals surface area contributed by atoms with Crippen LogP contribution in [0.1, 0.15) is 11.6 Å². The molecule has 2 nitrogen and oxygen atoms in total. The maximum absolute atomic E-state index is 13.8. The van der Waals surface area contributed by atoms with Crippen LogP contribution >= 0.6 is 24.8 Å². The van der Waals surface area contributed by atoms with Crippen molar-refractivity contribution in [1.82, 2.24) is 10.2 Å². The first-order valence-electron chi connectivity index (χ1n) is 6.07. The van der Waals surface area contributed by atoms with Crippen LogP contribution in [0.15, 0.2) is 12.7 Å². The molecule has 0 saturated carbocycles. The topological polar surface area (TPSA) is 15.3 Å². The SMILES string of the molecule is C=C[C@@H](c1c(F)c(F)c(F)c(F)c1F)N1CCNCC1.Cl.Cl. The Morgan fingerprint density at radius 1 is 0.864 bits per heavy atom. The van der Waals surface area contributed by atoms with E-state index in [9.17, 15) is 22.0 Å². The molecule has 1 aliphatic heterocycles. The van der Waals surface area contributed by atoms with Crippen molar-refractivity contribution in [2.24, 2.45) is 0 Å². The molecule has 1 N–H and O–H groups in total. The van der Waals surface area contributed by atoms with Crippen LogP contribution in [0.4, 0.5) is 22.0 Å². The molecule has 1 aliphatic rings. The van der Waals surface area contributed by atoms with E-state index < -0.39 is 40.7 Å². The minimum Gasteiger partial charge on any atom is -0.314 e. The second-order valence-corrected chi connectivity index (χ2v) is 4.45. The monoisotopic (exact) mass is 364 g/mol. The van der Waals surface area contributed by atoms with E-state index in [0.717, 1.165) is 0 Å². The van der Waals surface area contributed by atoms with Crippen molar-refractivity contribution in [3.8, 4) is 0 Å². The highest BCUT2D eigenvalue weighted by atomic mass is 35.5. The van der Waals surface area contributed by atoms with E-state index in [1.165, 1.54) is 6.08 Å². The van der Waals surface area contributed by atoms with Gasteiger partial charge in [-0.05, 0) is 0 Å². The molecule has 1 atom stereocenters. The fourth-order valence-corrected chi connectivity index (χ4v) is 2.29. The second-order valence-electron chi connectivity index (χ2n) is 4.45. The summed E-state index contributed by atoms with van der Waals surface area (Å²) in [4.78, 5) is 1.61. The fraction of sp³-hybridized carbons (Fsp3) is 0.385. The van der Waals surface area contributed by atoms with Crippen LogP contribution in [0.5, 0.6) is 0 Å². The molecule has 1 aromatic carbocycles. The minimum atomic E-state index is -2.15. The van der Waals surface area contributed by atoms with Gasteiger partial charge in [0.05, 0.1) is 11.6 Å². The molecule has 1 saturated heterocycles. The lowest BCUT2D eigenvalue weighted by atomic mass is 10.0. The average molecular weight is 365 g/mol. The molecule has 0 radical (unpaired) electrons. The first-order valence-corrected chi connectivity index (χ1v) is 6.07. The zero-order valence-electron chi connectivity index (χ0n) is 11.3. The lowest BCUT2D eigenvalue weighted by molar-refractivity contribution is 0.193. The molecule has 0 amide bonds. The Morgan fingerprint density at radius 3 is 1.68 bits per heavy atom. The van der Waals surface area contributed by atoms with Gasteiger partial charge in [-0.2, -0.15) is 0 Å². The van der Waals surface area contributed by atoms with Crippen LogP contribution in [0.25, 0.3) is 0 Å². The number of hydrogen-bond acceptors (Lipinski definition) is 2. The van der Waals surface area contributed by atoms with E-state index >= 15 is 0 Å². The van der Waals surface area contributed by atoms with Crippen molar-refractivity contribution >= 4 is 24.8 Å². The molecule has 1 aromatic rings. The van der Waals surface area contributed by atoms with Crippen LogP contribution in [0, 0.1) is 29.1 Å². The Morgan fingerprint density at radius 2 is 1.27 bits per heavy atom. The summed E-state index contributed by atoms with van der Waals surface area (Å²) >= 11 is 0. The van der Waals surface area contributed by atoms with Crippen molar-refractivity contribution in [3.63, 3.8) is 0 Å². The third-order valence-corrected chi connectivity index (χ3v) is 3.31. The minimum absolute atomic E-state index is 0. The molecular weight excluding hydrogens is 350 g/mol. The van der Waals surface area contributed by atoms with Gasteiger partial charge in [0, 0.05) is 26.2 Å². The van der Waals surface area contributed by atoms with E-state index in [-0.39, 0.29) is 24.8 Å². The molecule has 126 valence electrons. The van der Waals surface area contributed by atoms with Crippen LogP contribution in [0.3, 0.4) is 0 Å². The Balaban J connectivity index is 0.00000220. The normalized spacial score (nSPS) is 16.4. The number of benzene rings is 1. The summed E-state index contributed by atoms with van der Waals surface area (Å²) in [5.41, 5.74) is -0.849. The van der Waals surface area contributed by atoms with Crippen LogP contribution in [0.2, 0.25) is 0 Å². The zero-order chi connectivity index (χ0) is 14.9. The molecular formula is C13H15Cl2F5N2. The van der Waals surface area contributed by atoms with E-state index in [1.54, 1.807) is 4.90 Å².